The molecule has 24 heavy (non-hydrogen) atoms. The van der Waals surface area contributed by atoms with E-state index in [4.69, 9.17) is 11.6 Å². The fourth-order valence-electron chi connectivity index (χ4n) is 1.83. The zero-order valence-electron chi connectivity index (χ0n) is 13.5. The van der Waals surface area contributed by atoms with E-state index in [2.05, 4.69) is 14.8 Å². The van der Waals surface area contributed by atoms with Crippen molar-refractivity contribution in [2.75, 3.05) is 26.2 Å². The van der Waals surface area contributed by atoms with Crippen LogP contribution in [0.5, 0.6) is 0 Å². The van der Waals surface area contributed by atoms with Crippen LogP contribution in [-0.4, -0.2) is 52.5 Å². The van der Waals surface area contributed by atoms with E-state index in [9.17, 15) is 18.0 Å². The Kier molecular flexibility index (Phi) is 8.01. The van der Waals surface area contributed by atoms with Gasteiger partial charge in [-0.2, -0.15) is 11.8 Å². The molecular weight excluding hydrogens is 376 g/mol. The first-order chi connectivity index (χ1) is 11.3. The van der Waals surface area contributed by atoms with Crippen LogP contribution in [0.2, 0.25) is 5.02 Å². The Bertz CT molecular complexity index is 709. The smallest absolute Gasteiger partial charge is 0.328 e. The van der Waals surface area contributed by atoms with Crippen molar-refractivity contribution in [3.8, 4) is 0 Å². The first-order valence-electron chi connectivity index (χ1n) is 6.87. The predicted octanol–water partition coefficient (Wildman–Crippen LogP) is 1.27. The molecule has 0 aliphatic rings. The summed E-state index contributed by atoms with van der Waals surface area (Å²) in [5, 5.41) is 2.61. The number of benzene rings is 1. The minimum Gasteiger partial charge on any atom is -0.467 e. The maximum absolute atomic E-state index is 12.4. The highest BCUT2D eigenvalue weighted by Gasteiger charge is 2.24. The Labute approximate surface area is 150 Å². The Hall–Kier alpha value is -1.29. The van der Waals surface area contributed by atoms with Crippen molar-refractivity contribution in [3.05, 3.63) is 28.8 Å². The Morgan fingerprint density at radius 1 is 1.38 bits per heavy atom. The number of rotatable bonds is 8. The van der Waals surface area contributed by atoms with Crippen LogP contribution in [0.3, 0.4) is 0 Å². The summed E-state index contributed by atoms with van der Waals surface area (Å²) in [5.41, 5.74) is -0.0361. The summed E-state index contributed by atoms with van der Waals surface area (Å²) in [7, 11) is -1.23. The quantitative estimate of drug-likeness (QED) is 0.644. The lowest BCUT2D eigenvalue weighted by molar-refractivity contribution is -0.142. The van der Waals surface area contributed by atoms with Crippen LogP contribution >= 0.6 is 23.4 Å². The monoisotopic (exact) mass is 394 g/mol. The molecule has 1 rings (SSSR count). The second-order valence-corrected chi connectivity index (χ2v) is 7.96. The van der Waals surface area contributed by atoms with Crippen LogP contribution in [0.4, 0.5) is 0 Å². The van der Waals surface area contributed by atoms with Crippen LogP contribution in [0, 0.1) is 0 Å². The van der Waals surface area contributed by atoms with Crippen molar-refractivity contribution in [2.24, 2.45) is 0 Å². The largest absolute Gasteiger partial charge is 0.467 e. The fourth-order valence-corrected chi connectivity index (χ4v) is 3.26. The Morgan fingerprint density at radius 3 is 2.58 bits per heavy atom. The van der Waals surface area contributed by atoms with Gasteiger partial charge >= 0.3 is 5.97 Å². The highest BCUT2D eigenvalue weighted by atomic mass is 35.5. The van der Waals surface area contributed by atoms with Crippen molar-refractivity contribution in [1.29, 1.82) is 0 Å². The van der Waals surface area contributed by atoms with Crippen LogP contribution in [0.1, 0.15) is 16.8 Å². The zero-order chi connectivity index (χ0) is 18.3. The molecule has 0 saturated carbocycles. The number of thioether (sulfide) groups is 1. The number of carbonyl (C=O) groups excluding carboxylic acids is 2. The van der Waals surface area contributed by atoms with E-state index >= 15 is 0 Å². The van der Waals surface area contributed by atoms with Gasteiger partial charge in [-0.1, -0.05) is 11.6 Å². The number of amides is 1. The minimum atomic E-state index is -3.72. The van der Waals surface area contributed by atoms with E-state index in [1.165, 1.54) is 38.1 Å². The van der Waals surface area contributed by atoms with E-state index in [-0.39, 0.29) is 15.5 Å². The second-order valence-electron chi connectivity index (χ2n) is 4.68. The molecule has 1 amide bonds. The molecule has 2 N–H and O–H groups in total. The van der Waals surface area contributed by atoms with Gasteiger partial charge in [0.2, 0.25) is 10.0 Å². The molecule has 0 saturated heterocycles. The second kappa shape index (κ2) is 9.26. The standard InChI is InChI=1S/C14H19ClN2O5S2/c1-16-24(20,21)9-4-5-11(15)10(8-9)13(18)17-12(6-7-23-3)14(19)22-2/h4-5,8,12,16H,6-7H2,1-3H3,(H,17,18)/t12-/m0/s1. The molecule has 134 valence electrons. The van der Waals surface area contributed by atoms with Gasteiger partial charge < -0.3 is 10.1 Å². The molecule has 0 aliphatic carbocycles. The zero-order valence-corrected chi connectivity index (χ0v) is 15.8. The third-order valence-corrected chi connectivity index (χ3v) is 5.55. The number of hydrogen-bond donors (Lipinski definition) is 2. The molecule has 1 aromatic rings. The van der Waals surface area contributed by atoms with Gasteiger partial charge in [0.25, 0.3) is 5.91 Å². The molecule has 0 unspecified atom stereocenters. The maximum Gasteiger partial charge on any atom is 0.328 e. The van der Waals surface area contributed by atoms with Gasteiger partial charge in [0.1, 0.15) is 6.04 Å². The molecule has 0 aliphatic heterocycles. The van der Waals surface area contributed by atoms with Crippen LogP contribution in [0.15, 0.2) is 23.1 Å². The summed E-state index contributed by atoms with van der Waals surface area (Å²) >= 11 is 7.51. The lowest BCUT2D eigenvalue weighted by Gasteiger charge is -2.17. The van der Waals surface area contributed by atoms with Gasteiger partial charge in [0.15, 0.2) is 0 Å². The predicted molar refractivity (Wildman–Crippen MR) is 94.0 cm³/mol. The lowest BCUT2D eigenvalue weighted by Crippen LogP contribution is -2.42. The summed E-state index contributed by atoms with van der Waals surface area (Å²) in [6.45, 7) is 0. The Morgan fingerprint density at radius 2 is 2.04 bits per heavy atom. The van der Waals surface area contributed by atoms with Crippen molar-refractivity contribution < 1.29 is 22.7 Å². The highest BCUT2D eigenvalue weighted by Crippen LogP contribution is 2.20. The summed E-state index contributed by atoms with van der Waals surface area (Å²) in [6, 6.07) is 2.93. The summed E-state index contributed by atoms with van der Waals surface area (Å²) in [6.07, 6.45) is 2.25. The molecular formula is C14H19ClN2O5S2. The van der Waals surface area contributed by atoms with Gasteiger partial charge in [-0.3, -0.25) is 4.79 Å². The molecule has 1 aromatic carbocycles. The average Bonchev–Trinajstić information content (AvgIpc) is 2.57. The molecule has 1 atom stereocenters. The van der Waals surface area contributed by atoms with Crippen LogP contribution < -0.4 is 10.0 Å². The van der Waals surface area contributed by atoms with E-state index in [1.807, 2.05) is 6.26 Å². The van der Waals surface area contributed by atoms with E-state index in [0.29, 0.717) is 12.2 Å². The molecule has 0 spiro atoms. The van der Waals surface area contributed by atoms with Crippen molar-refractivity contribution >= 4 is 45.3 Å². The summed E-state index contributed by atoms with van der Waals surface area (Å²) in [5.74, 6) is -0.584. The summed E-state index contributed by atoms with van der Waals surface area (Å²) in [4.78, 5) is 24.1. The molecule has 0 aromatic heterocycles. The normalized spacial score (nSPS) is 12.5. The van der Waals surface area contributed by atoms with Crippen LogP contribution in [-0.2, 0) is 19.6 Å². The van der Waals surface area contributed by atoms with Gasteiger partial charge in [-0.25, -0.2) is 17.9 Å². The third kappa shape index (κ3) is 5.37. The SMILES string of the molecule is CNS(=O)(=O)c1ccc(Cl)c(C(=O)N[C@@H](CCSC)C(=O)OC)c1. The summed E-state index contributed by atoms with van der Waals surface area (Å²) < 4.78 is 30.5. The number of methoxy groups -OCH3 is 1. The van der Waals surface area contributed by atoms with Crippen molar-refractivity contribution in [1.82, 2.24) is 10.0 Å². The van der Waals surface area contributed by atoms with Crippen molar-refractivity contribution in [3.63, 3.8) is 0 Å². The number of nitrogens with one attached hydrogen (secondary N) is 2. The number of carbonyl (C=O) groups is 2. The third-order valence-electron chi connectivity index (χ3n) is 3.16. The van der Waals surface area contributed by atoms with Crippen LogP contribution in [0.25, 0.3) is 0 Å². The van der Waals surface area contributed by atoms with E-state index < -0.39 is 27.9 Å². The topological polar surface area (TPSA) is 102 Å². The molecule has 0 radical (unpaired) electrons. The minimum absolute atomic E-state index is 0.0361. The maximum atomic E-state index is 12.4. The molecule has 0 fully saturated rings. The first-order valence-corrected chi connectivity index (χ1v) is 10.1. The molecule has 0 heterocycles. The number of ether oxygens (including phenoxy) is 1. The average molecular weight is 395 g/mol. The van der Waals surface area contributed by atoms with Gasteiger partial charge in [-0.15, -0.1) is 0 Å². The Balaban J connectivity index is 3.09. The first kappa shape index (κ1) is 20.8. The van der Waals surface area contributed by atoms with Gasteiger partial charge in [0.05, 0.1) is 22.6 Å². The number of hydrogen-bond acceptors (Lipinski definition) is 6. The van der Waals surface area contributed by atoms with Gasteiger partial charge in [0, 0.05) is 0 Å². The number of esters is 1. The number of sulfonamides is 1. The molecule has 7 nitrogen and oxygen atoms in total. The van der Waals surface area contributed by atoms with E-state index in [0.717, 1.165) is 6.07 Å². The molecule has 10 heteroatoms. The highest BCUT2D eigenvalue weighted by molar-refractivity contribution is 7.98. The molecule has 0 bridgehead atoms. The van der Waals surface area contributed by atoms with E-state index in [1.54, 1.807) is 0 Å². The van der Waals surface area contributed by atoms with Gasteiger partial charge in [-0.05, 0) is 43.7 Å². The fraction of sp³-hybridized carbons (Fsp3) is 0.429. The van der Waals surface area contributed by atoms with Crippen molar-refractivity contribution in [2.45, 2.75) is 17.4 Å². The lowest BCUT2D eigenvalue weighted by atomic mass is 10.1. The number of halogens is 1.